The molecule has 0 atom stereocenters. The number of carbonyl (C=O) groups excluding carboxylic acids is 1. The van der Waals surface area contributed by atoms with E-state index in [4.69, 9.17) is 9.15 Å². The van der Waals surface area contributed by atoms with Crippen LogP contribution in [-0.4, -0.2) is 12.6 Å². The summed E-state index contributed by atoms with van der Waals surface area (Å²) in [4.78, 5) is 11.8. The van der Waals surface area contributed by atoms with Gasteiger partial charge in [-0.1, -0.05) is 79.9 Å². The number of halogens is 1. The molecule has 2 rings (SSSR count). The average molecular weight is 433 g/mol. The van der Waals surface area contributed by atoms with Crippen molar-refractivity contribution in [2.45, 2.75) is 58.3 Å². The molecule has 1 heterocycles. The lowest BCUT2D eigenvalue weighted by Gasteiger charge is -2.02. The molecule has 27 heavy (non-hydrogen) atoms. The fourth-order valence-corrected chi connectivity index (χ4v) is 3.08. The molecule has 1 aromatic carbocycles. The monoisotopic (exact) mass is 432 g/mol. The van der Waals surface area contributed by atoms with Crippen LogP contribution >= 0.6 is 15.9 Å². The number of esters is 1. The van der Waals surface area contributed by atoms with Gasteiger partial charge in [0.1, 0.15) is 11.5 Å². The van der Waals surface area contributed by atoms with E-state index in [1.165, 1.54) is 44.6 Å². The number of furan rings is 1. The quantitative estimate of drug-likeness (QED) is 0.199. The van der Waals surface area contributed by atoms with Crippen LogP contribution in [0.4, 0.5) is 0 Å². The summed E-state index contributed by atoms with van der Waals surface area (Å²) in [6.45, 7) is 2.72. The first-order valence-electron chi connectivity index (χ1n) is 9.89. The SMILES string of the molecule is CCCCCCCCCCOC(=O)C=Cc1ccc(-c2ccc(Br)cc2)o1. The van der Waals surface area contributed by atoms with Gasteiger partial charge >= 0.3 is 5.97 Å². The molecule has 0 fully saturated rings. The molecule has 0 saturated carbocycles. The first kappa shape index (κ1) is 21.5. The number of hydrogen-bond acceptors (Lipinski definition) is 3. The van der Waals surface area contributed by atoms with E-state index in [1.807, 2.05) is 36.4 Å². The summed E-state index contributed by atoms with van der Waals surface area (Å²) in [7, 11) is 0. The Morgan fingerprint density at radius 1 is 0.963 bits per heavy atom. The molecule has 0 spiro atoms. The molecule has 0 amide bonds. The third kappa shape index (κ3) is 8.61. The van der Waals surface area contributed by atoms with Crippen molar-refractivity contribution in [1.29, 1.82) is 0 Å². The van der Waals surface area contributed by atoms with Crippen molar-refractivity contribution >= 4 is 28.0 Å². The predicted molar refractivity (Wildman–Crippen MR) is 114 cm³/mol. The number of carbonyl (C=O) groups is 1. The van der Waals surface area contributed by atoms with Crippen molar-refractivity contribution in [2.75, 3.05) is 6.61 Å². The van der Waals surface area contributed by atoms with Gasteiger partial charge in [-0.3, -0.25) is 0 Å². The lowest BCUT2D eigenvalue weighted by molar-refractivity contribution is -0.137. The van der Waals surface area contributed by atoms with E-state index in [9.17, 15) is 4.79 Å². The summed E-state index contributed by atoms with van der Waals surface area (Å²) in [5.74, 6) is 1.09. The van der Waals surface area contributed by atoms with Crippen LogP contribution in [0.3, 0.4) is 0 Å². The van der Waals surface area contributed by atoms with Gasteiger partial charge < -0.3 is 9.15 Å². The van der Waals surface area contributed by atoms with Crippen molar-refractivity contribution in [2.24, 2.45) is 0 Å². The van der Waals surface area contributed by atoms with E-state index < -0.39 is 0 Å². The summed E-state index contributed by atoms with van der Waals surface area (Å²) >= 11 is 3.42. The van der Waals surface area contributed by atoms with Gasteiger partial charge in [-0.05, 0) is 36.8 Å². The maximum absolute atomic E-state index is 11.8. The Morgan fingerprint density at radius 3 is 2.33 bits per heavy atom. The lowest BCUT2D eigenvalue weighted by Crippen LogP contribution is -2.02. The maximum atomic E-state index is 11.8. The molecule has 0 radical (unpaired) electrons. The van der Waals surface area contributed by atoms with Crippen molar-refractivity contribution < 1.29 is 13.9 Å². The molecule has 0 aliphatic rings. The molecule has 146 valence electrons. The van der Waals surface area contributed by atoms with Crippen LogP contribution in [0.2, 0.25) is 0 Å². The van der Waals surface area contributed by atoms with Gasteiger partial charge in [0.25, 0.3) is 0 Å². The Balaban J connectivity index is 1.63. The summed E-state index contributed by atoms with van der Waals surface area (Å²) in [6, 6.07) is 11.6. The Morgan fingerprint density at radius 2 is 1.63 bits per heavy atom. The molecular weight excluding hydrogens is 404 g/mol. The standard InChI is InChI=1S/C23H29BrO3/c1-2-3-4-5-6-7-8-9-18-26-23(25)17-15-21-14-16-22(27-21)19-10-12-20(24)13-11-19/h10-17H,2-9,18H2,1H3. The second-order valence-corrected chi connectivity index (χ2v) is 7.60. The highest BCUT2D eigenvalue weighted by atomic mass is 79.9. The molecule has 0 saturated heterocycles. The summed E-state index contributed by atoms with van der Waals surface area (Å²) < 4.78 is 12.0. The number of hydrogen-bond donors (Lipinski definition) is 0. The van der Waals surface area contributed by atoms with Crippen LogP contribution in [0, 0.1) is 0 Å². The Bertz CT molecular complexity index is 701. The predicted octanol–water partition coefficient (Wildman–Crippen LogP) is 7.41. The molecular formula is C23H29BrO3. The minimum absolute atomic E-state index is 0.320. The van der Waals surface area contributed by atoms with E-state index in [0.29, 0.717) is 12.4 Å². The third-order valence-electron chi connectivity index (χ3n) is 4.38. The van der Waals surface area contributed by atoms with E-state index in [0.717, 1.165) is 28.6 Å². The molecule has 2 aromatic rings. The van der Waals surface area contributed by atoms with Gasteiger partial charge in [-0.2, -0.15) is 0 Å². The number of ether oxygens (including phenoxy) is 1. The summed E-state index contributed by atoms with van der Waals surface area (Å²) in [5, 5.41) is 0. The highest BCUT2D eigenvalue weighted by molar-refractivity contribution is 9.10. The highest BCUT2D eigenvalue weighted by Crippen LogP contribution is 2.24. The Kier molecular flexibility index (Phi) is 9.99. The topological polar surface area (TPSA) is 39.4 Å². The zero-order valence-electron chi connectivity index (χ0n) is 16.1. The molecule has 0 N–H and O–H groups in total. The number of benzene rings is 1. The Labute approximate surface area is 170 Å². The largest absolute Gasteiger partial charge is 0.463 e. The van der Waals surface area contributed by atoms with Crippen LogP contribution in [0.5, 0.6) is 0 Å². The van der Waals surface area contributed by atoms with E-state index >= 15 is 0 Å². The van der Waals surface area contributed by atoms with Crippen LogP contribution in [-0.2, 0) is 9.53 Å². The molecule has 1 aromatic heterocycles. The second-order valence-electron chi connectivity index (χ2n) is 6.68. The smallest absolute Gasteiger partial charge is 0.330 e. The second kappa shape index (κ2) is 12.6. The molecule has 0 unspecified atom stereocenters. The first-order chi connectivity index (χ1) is 13.2. The van der Waals surface area contributed by atoms with Gasteiger partial charge in [0, 0.05) is 16.1 Å². The van der Waals surface area contributed by atoms with Gasteiger partial charge in [0.15, 0.2) is 0 Å². The van der Waals surface area contributed by atoms with Crippen LogP contribution in [0.25, 0.3) is 17.4 Å². The number of unbranched alkanes of at least 4 members (excludes halogenated alkanes) is 7. The van der Waals surface area contributed by atoms with Crippen molar-refractivity contribution in [3.8, 4) is 11.3 Å². The fourth-order valence-electron chi connectivity index (χ4n) is 2.82. The maximum Gasteiger partial charge on any atom is 0.330 e. The van der Waals surface area contributed by atoms with Crippen LogP contribution in [0.1, 0.15) is 64.1 Å². The van der Waals surface area contributed by atoms with E-state index in [1.54, 1.807) is 6.08 Å². The van der Waals surface area contributed by atoms with Gasteiger partial charge in [0.05, 0.1) is 6.61 Å². The molecule has 0 aliphatic carbocycles. The first-order valence-corrected chi connectivity index (χ1v) is 10.7. The molecule has 4 heteroatoms. The normalized spacial score (nSPS) is 11.2. The van der Waals surface area contributed by atoms with E-state index in [-0.39, 0.29) is 5.97 Å². The highest BCUT2D eigenvalue weighted by Gasteiger charge is 2.04. The minimum Gasteiger partial charge on any atom is -0.463 e. The zero-order chi connectivity index (χ0) is 19.3. The fraction of sp³-hybridized carbons (Fsp3) is 0.435. The molecule has 0 aliphatic heterocycles. The Hall–Kier alpha value is -1.81. The minimum atomic E-state index is -0.320. The summed E-state index contributed by atoms with van der Waals surface area (Å²) in [6.07, 6.45) is 12.9. The van der Waals surface area contributed by atoms with Crippen LogP contribution in [0.15, 0.2) is 51.4 Å². The summed E-state index contributed by atoms with van der Waals surface area (Å²) in [5.41, 5.74) is 0.995. The molecule has 0 bridgehead atoms. The van der Waals surface area contributed by atoms with Crippen molar-refractivity contribution in [1.82, 2.24) is 0 Å². The van der Waals surface area contributed by atoms with Crippen molar-refractivity contribution in [3.05, 3.63) is 52.7 Å². The van der Waals surface area contributed by atoms with E-state index in [2.05, 4.69) is 22.9 Å². The van der Waals surface area contributed by atoms with Gasteiger partial charge in [0.2, 0.25) is 0 Å². The van der Waals surface area contributed by atoms with Gasteiger partial charge in [-0.15, -0.1) is 0 Å². The van der Waals surface area contributed by atoms with Gasteiger partial charge in [-0.25, -0.2) is 4.79 Å². The number of rotatable bonds is 12. The molecule has 3 nitrogen and oxygen atoms in total. The third-order valence-corrected chi connectivity index (χ3v) is 4.91. The lowest BCUT2D eigenvalue weighted by atomic mass is 10.1. The average Bonchev–Trinajstić information content (AvgIpc) is 3.14. The van der Waals surface area contributed by atoms with Crippen LogP contribution < -0.4 is 0 Å². The van der Waals surface area contributed by atoms with Crippen molar-refractivity contribution in [3.63, 3.8) is 0 Å². The zero-order valence-corrected chi connectivity index (χ0v) is 17.7.